The number of sulfone groups is 1. The number of aromatic nitrogens is 1. The van der Waals surface area contributed by atoms with Gasteiger partial charge in [-0.05, 0) is 36.4 Å². The fraction of sp³-hybridized carbons (Fsp3) is 0.0667. The molecule has 1 N–H and O–H groups in total. The van der Waals surface area contributed by atoms with Crippen LogP contribution >= 0.6 is 11.3 Å². The molecule has 23 heavy (non-hydrogen) atoms. The molecule has 8 heteroatoms. The number of hydrogen-bond acceptors (Lipinski definition) is 5. The van der Waals surface area contributed by atoms with Crippen LogP contribution in [0.3, 0.4) is 0 Å². The number of nitrogens with one attached hydrogen (secondary N) is 1. The van der Waals surface area contributed by atoms with Crippen LogP contribution in [0.15, 0.2) is 47.4 Å². The van der Waals surface area contributed by atoms with Gasteiger partial charge in [0.2, 0.25) is 0 Å². The zero-order chi connectivity index (χ0) is 16.6. The molecule has 118 valence electrons. The molecule has 0 saturated heterocycles. The summed E-state index contributed by atoms with van der Waals surface area (Å²) in [6.07, 6.45) is 1.09. The Morgan fingerprint density at radius 1 is 1.17 bits per heavy atom. The van der Waals surface area contributed by atoms with Gasteiger partial charge in [-0.3, -0.25) is 10.1 Å². The lowest BCUT2D eigenvalue weighted by atomic mass is 10.2. The molecule has 5 nitrogen and oxygen atoms in total. The molecular formula is C15H11FN2O3S2. The van der Waals surface area contributed by atoms with E-state index in [1.165, 1.54) is 30.3 Å². The number of para-hydroxylation sites is 1. The molecule has 3 rings (SSSR count). The van der Waals surface area contributed by atoms with Crippen molar-refractivity contribution < 1.29 is 17.6 Å². The standard InChI is InChI=1S/C15H11FN2O3S2/c1-23(20,21)10-7-5-9(6-8-10)14(19)18-15-17-13-11(16)3-2-4-12(13)22-15/h2-8H,1H3,(H,17,18,19). The van der Waals surface area contributed by atoms with E-state index in [1.54, 1.807) is 12.1 Å². The van der Waals surface area contributed by atoms with Gasteiger partial charge in [-0.15, -0.1) is 0 Å². The van der Waals surface area contributed by atoms with Crippen molar-refractivity contribution in [1.82, 2.24) is 4.98 Å². The summed E-state index contributed by atoms with van der Waals surface area (Å²) in [7, 11) is -3.31. The molecule has 0 atom stereocenters. The maximum atomic E-state index is 13.6. The smallest absolute Gasteiger partial charge is 0.257 e. The first kappa shape index (κ1) is 15.6. The first-order chi connectivity index (χ1) is 10.8. The van der Waals surface area contributed by atoms with Crippen LogP contribution in [0.1, 0.15) is 10.4 Å². The van der Waals surface area contributed by atoms with E-state index >= 15 is 0 Å². The maximum Gasteiger partial charge on any atom is 0.257 e. The monoisotopic (exact) mass is 350 g/mol. The second kappa shape index (κ2) is 5.71. The Labute approximate surface area is 135 Å². The van der Waals surface area contributed by atoms with E-state index in [0.717, 1.165) is 17.6 Å². The van der Waals surface area contributed by atoms with Crippen LogP contribution in [-0.2, 0) is 9.84 Å². The van der Waals surface area contributed by atoms with E-state index in [2.05, 4.69) is 10.3 Å². The van der Waals surface area contributed by atoms with Gasteiger partial charge < -0.3 is 0 Å². The molecule has 0 aliphatic heterocycles. The molecule has 0 bridgehead atoms. The molecule has 1 amide bonds. The van der Waals surface area contributed by atoms with E-state index < -0.39 is 21.6 Å². The molecule has 2 aromatic carbocycles. The van der Waals surface area contributed by atoms with Gasteiger partial charge in [0.05, 0.1) is 9.60 Å². The fourth-order valence-corrected chi connectivity index (χ4v) is 3.50. The number of carbonyl (C=O) groups is 1. The van der Waals surface area contributed by atoms with Crippen molar-refractivity contribution in [3.05, 3.63) is 53.8 Å². The molecule has 0 radical (unpaired) electrons. The van der Waals surface area contributed by atoms with Gasteiger partial charge in [-0.2, -0.15) is 0 Å². The zero-order valence-electron chi connectivity index (χ0n) is 11.9. The Balaban J connectivity index is 1.84. The van der Waals surface area contributed by atoms with Crippen molar-refractivity contribution >= 4 is 42.4 Å². The second-order valence-electron chi connectivity index (χ2n) is 4.86. The Morgan fingerprint density at radius 2 is 1.87 bits per heavy atom. The lowest BCUT2D eigenvalue weighted by Gasteiger charge is -2.03. The number of carbonyl (C=O) groups excluding carboxylic acids is 1. The van der Waals surface area contributed by atoms with Crippen molar-refractivity contribution in [3.8, 4) is 0 Å². The van der Waals surface area contributed by atoms with Crippen molar-refractivity contribution in [2.45, 2.75) is 4.90 Å². The summed E-state index contributed by atoms with van der Waals surface area (Å²) in [5.41, 5.74) is 0.498. The van der Waals surface area contributed by atoms with E-state index in [-0.39, 0.29) is 21.1 Å². The van der Waals surface area contributed by atoms with Crippen molar-refractivity contribution in [2.75, 3.05) is 11.6 Å². The SMILES string of the molecule is CS(=O)(=O)c1ccc(C(=O)Nc2nc3c(F)cccc3s2)cc1. The lowest BCUT2D eigenvalue weighted by molar-refractivity contribution is 0.102. The van der Waals surface area contributed by atoms with Crippen molar-refractivity contribution in [2.24, 2.45) is 0 Å². The molecule has 0 unspecified atom stereocenters. The summed E-state index contributed by atoms with van der Waals surface area (Å²) >= 11 is 1.16. The average Bonchev–Trinajstić information content (AvgIpc) is 2.90. The second-order valence-corrected chi connectivity index (χ2v) is 7.90. The summed E-state index contributed by atoms with van der Waals surface area (Å²) in [4.78, 5) is 16.3. The summed E-state index contributed by atoms with van der Waals surface area (Å²) in [6.45, 7) is 0. The third-order valence-corrected chi connectivity index (χ3v) is 5.20. The number of rotatable bonds is 3. The summed E-state index contributed by atoms with van der Waals surface area (Å²) in [5.74, 6) is -0.888. The molecule has 0 spiro atoms. The van der Waals surface area contributed by atoms with Crippen LogP contribution in [0.4, 0.5) is 9.52 Å². The highest BCUT2D eigenvalue weighted by molar-refractivity contribution is 7.90. The molecule has 3 aromatic rings. The van der Waals surface area contributed by atoms with Crippen LogP contribution < -0.4 is 5.32 Å². The predicted octanol–water partition coefficient (Wildman–Crippen LogP) is 3.09. The predicted molar refractivity (Wildman–Crippen MR) is 87.1 cm³/mol. The minimum Gasteiger partial charge on any atom is -0.298 e. The third-order valence-electron chi connectivity index (χ3n) is 3.13. The molecule has 0 fully saturated rings. The van der Waals surface area contributed by atoms with Gasteiger partial charge in [-0.25, -0.2) is 17.8 Å². The number of fused-ring (bicyclic) bond motifs is 1. The number of benzene rings is 2. The van der Waals surface area contributed by atoms with Crippen LogP contribution in [0.25, 0.3) is 10.2 Å². The van der Waals surface area contributed by atoms with Gasteiger partial charge in [-0.1, -0.05) is 17.4 Å². The van der Waals surface area contributed by atoms with E-state index in [0.29, 0.717) is 4.70 Å². The first-order valence-corrected chi connectivity index (χ1v) is 9.22. The Bertz CT molecular complexity index is 995. The molecule has 0 saturated carbocycles. The number of amides is 1. The highest BCUT2D eigenvalue weighted by atomic mass is 32.2. The number of thiazole rings is 1. The summed E-state index contributed by atoms with van der Waals surface area (Å²) < 4.78 is 37.0. The molecule has 1 heterocycles. The van der Waals surface area contributed by atoms with Gasteiger partial charge in [0, 0.05) is 11.8 Å². The van der Waals surface area contributed by atoms with Gasteiger partial charge in [0.15, 0.2) is 15.0 Å². The molecular weight excluding hydrogens is 339 g/mol. The summed E-state index contributed by atoms with van der Waals surface area (Å²) in [5, 5.41) is 2.87. The topological polar surface area (TPSA) is 76.1 Å². The van der Waals surface area contributed by atoms with E-state index in [4.69, 9.17) is 0 Å². The van der Waals surface area contributed by atoms with Gasteiger partial charge in [0.1, 0.15) is 11.3 Å². The lowest BCUT2D eigenvalue weighted by Crippen LogP contribution is -2.11. The van der Waals surface area contributed by atoms with Crippen LogP contribution in [0.5, 0.6) is 0 Å². The highest BCUT2D eigenvalue weighted by Crippen LogP contribution is 2.27. The number of nitrogens with zero attached hydrogens (tertiary/aromatic N) is 1. The third kappa shape index (κ3) is 3.22. The largest absolute Gasteiger partial charge is 0.298 e. The average molecular weight is 350 g/mol. The highest BCUT2D eigenvalue weighted by Gasteiger charge is 2.13. The van der Waals surface area contributed by atoms with Crippen molar-refractivity contribution in [3.63, 3.8) is 0 Å². The zero-order valence-corrected chi connectivity index (χ0v) is 13.5. The number of halogens is 1. The van der Waals surface area contributed by atoms with Crippen LogP contribution in [-0.4, -0.2) is 25.6 Å². The maximum absolute atomic E-state index is 13.6. The number of anilines is 1. The first-order valence-electron chi connectivity index (χ1n) is 6.51. The van der Waals surface area contributed by atoms with Crippen molar-refractivity contribution in [1.29, 1.82) is 0 Å². The fourth-order valence-electron chi connectivity index (χ4n) is 1.99. The minimum atomic E-state index is -3.31. The van der Waals surface area contributed by atoms with Crippen LogP contribution in [0, 0.1) is 5.82 Å². The van der Waals surface area contributed by atoms with Gasteiger partial charge in [0.25, 0.3) is 5.91 Å². The van der Waals surface area contributed by atoms with E-state index in [9.17, 15) is 17.6 Å². The normalized spacial score (nSPS) is 11.6. The van der Waals surface area contributed by atoms with Crippen LogP contribution in [0.2, 0.25) is 0 Å². The number of hydrogen-bond donors (Lipinski definition) is 1. The Morgan fingerprint density at radius 3 is 2.48 bits per heavy atom. The van der Waals surface area contributed by atoms with Gasteiger partial charge >= 0.3 is 0 Å². The molecule has 1 aromatic heterocycles. The molecule has 0 aliphatic rings. The summed E-state index contributed by atoms with van der Waals surface area (Å²) in [6, 6.07) is 10.2. The Kier molecular flexibility index (Phi) is 3.87. The Hall–Kier alpha value is -2.32. The molecule has 0 aliphatic carbocycles. The minimum absolute atomic E-state index is 0.135. The quantitative estimate of drug-likeness (QED) is 0.787. The van der Waals surface area contributed by atoms with E-state index in [1.807, 2.05) is 0 Å².